The number of amides is 1. The van der Waals surface area contributed by atoms with Gasteiger partial charge in [0, 0.05) is 13.1 Å². The number of nitrogens with one attached hydrogen (secondary N) is 1. The molecule has 0 bridgehead atoms. The van der Waals surface area contributed by atoms with Crippen molar-refractivity contribution in [1.82, 2.24) is 5.48 Å². The van der Waals surface area contributed by atoms with Crippen LogP contribution in [0, 0.1) is 0 Å². The van der Waals surface area contributed by atoms with E-state index in [2.05, 4.69) is 11.5 Å². The molecule has 1 atom stereocenters. The first-order valence-electron chi connectivity index (χ1n) is 10.2. The third kappa shape index (κ3) is 21.6. The van der Waals surface area contributed by atoms with Crippen LogP contribution in [-0.4, -0.2) is 17.5 Å². The molecule has 0 aliphatic heterocycles. The number of rotatable bonds is 18. The Morgan fingerprint density at radius 1 is 0.800 bits per heavy atom. The predicted octanol–water partition coefficient (Wildman–Crippen LogP) is 6.11. The van der Waals surface area contributed by atoms with Crippen LogP contribution < -0.4 is 5.48 Å². The molecule has 0 aromatic rings. The zero-order valence-electron chi connectivity index (χ0n) is 16.4. The van der Waals surface area contributed by atoms with Gasteiger partial charge >= 0.3 is 7.60 Å². The Kier molecular flexibility index (Phi) is 16.8. The molecule has 0 saturated heterocycles. The molecule has 0 fully saturated rings. The lowest BCUT2D eigenvalue weighted by Gasteiger charge is -2.07. The molecule has 0 aliphatic rings. The molecular weight excluding hydrogens is 337 g/mol. The molecule has 0 saturated carbocycles. The van der Waals surface area contributed by atoms with E-state index in [9.17, 15) is 9.36 Å². The summed E-state index contributed by atoms with van der Waals surface area (Å²) in [6.45, 7) is 3.30. The van der Waals surface area contributed by atoms with Gasteiger partial charge in [-0.25, -0.2) is 5.48 Å². The number of carbonyl (C=O) groups excluding carboxylic acids is 1. The number of hydrogen-bond donors (Lipinski definition) is 2. The quantitative estimate of drug-likeness (QED) is 0.172. The van der Waals surface area contributed by atoms with Gasteiger partial charge < -0.3 is 4.89 Å². The van der Waals surface area contributed by atoms with Crippen LogP contribution in [0.1, 0.15) is 110 Å². The van der Waals surface area contributed by atoms with Gasteiger partial charge in [0.15, 0.2) is 0 Å². The minimum absolute atomic E-state index is 0.328. The number of carbonyl (C=O) groups is 1. The molecule has 1 amide bonds. The van der Waals surface area contributed by atoms with Gasteiger partial charge in [-0.3, -0.25) is 9.36 Å². The van der Waals surface area contributed by atoms with Crippen molar-refractivity contribution in [3.63, 3.8) is 0 Å². The second-order valence-corrected chi connectivity index (χ2v) is 8.91. The van der Waals surface area contributed by atoms with Crippen LogP contribution in [-0.2, 0) is 14.0 Å². The summed E-state index contributed by atoms with van der Waals surface area (Å²) in [7, 11) is -3.63. The fourth-order valence-corrected chi connectivity index (χ4v) is 3.11. The molecule has 150 valence electrons. The maximum Gasteiger partial charge on any atom is 0.346 e. The van der Waals surface area contributed by atoms with E-state index in [4.69, 9.17) is 4.89 Å². The summed E-state index contributed by atoms with van der Waals surface area (Å²) in [6, 6.07) is 0. The summed E-state index contributed by atoms with van der Waals surface area (Å²) in [5, 5.41) is 0. The lowest BCUT2D eigenvalue weighted by molar-refractivity contribution is -0.128. The summed E-state index contributed by atoms with van der Waals surface area (Å²) < 4.78 is 15.2. The molecular formula is C19H40NO4P. The lowest BCUT2D eigenvalue weighted by atomic mass is 10.0. The van der Waals surface area contributed by atoms with Gasteiger partial charge in [-0.2, -0.15) is 4.62 Å². The number of unbranched alkanes of at least 4 members (excludes halogenated alkanes) is 14. The van der Waals surface area contributed by atoms with E-state index in [1.807, 2.05) is 5.48 Å². The topological polar surface area (TPSA) is 75.6 Å². The second-order valence-electron chi connectivity index (χ2n) is 7.12. The van der Waals surface area contributed by atoms with Crippen molar-refractivity contribution in [1.29, 1.82) is 0 Å². The van der Waals surface area contributed by atoms with Crippen molar-refractivity contribution in [3.8, 4) is 0 Å². The van der Waals surface area contributed by atoms with E-state index in [-0.39, 0.29) is 5.91 Å². The Bertz CT molecular complexity index is 357. The molecule has 0 spiro atoms. The van der Waals surface area contributed by atoms with Crippen molar-refractivity contribution in [2.45, 2.75) is 110 Å². The van der Waals surface area contributed by atoms with Gasteiger partial charge in [-0.05, 0) is 6.42 Å². The highest BCUT2D eigenvalue weighted by Gasteiger charge is 2.12. The van der Waals surface area contributed by atoms with Crippen molar-refractivity contribution < 1.29 is 18.9 Å². The minimum atomic E-state index is -3.63. The molecule has 0 aromatic carbocycles. The Hall–Kier alpha value is -0.380. The molecule has 2 N–H and O–H groups in total. The van der Waals surface area contributed by atoms with E-state index in [0.717, 1.165) is 25.9 Å². The van der Waals surface area contributed by atoms with Gasteiger partial charge in [0.05, 0.1) is 0 Å². The highest BCUT2D eigenvalue weighted by Crippen LogP contribution is 2.34. The zero-order chi connectivity index (χ0) is 18.8. The third-order valence-electron chi connectivity index (χ3n) is 4.34. The van der Waals surface area contributed by atoms with Crippen molar-refractivity contribution >= 4 is 13.5 Å². The summed E-state index contributed by atoms with van der Waals surface area (Å²) >= 11 is 0. The average Bonchev–Trinajstić information content (AvgIpc) is 2.56. The van der Waals surface area contributed by atoms with Gasteiger partial charge in [0.1, 0.15) is 0 Å². The second kappa shape index (κ2) is 17.1. The normalized spacial score (nSPS) is 13.6. The fourth-order valence-electron chi connectivity index (χ4n) is 2.84. The Balaban J connectivity index is 3.16. The summed E-state index contributed by atoms with van der Waals surface area (Å²) in [6.07, 6.45) is 19.6. The largest absolute Gasteiger partial charge is 0.346 e. The van der Waals surface area contributed by atoms with Crippen molar-refractivity contribution in [3.05, 3.63) is 0 Å². The highest BCUT2D eigenvalue weighted by atomic mass is 31.2. The molecule has 0 radical (unpaired) electrons. The summed E-state index contributed by atoms with van der Waals surface area (Å²) in [5.41, 5.74) is 2.02. The maximum atomic E-state index is 11.4. The fraction of sp³-hybridized carbons (Fsp3) is 0.947. The maximum absolute atomic E-state index is 11.4. The first kappa shape index (κ1) is 24.6. The molecule has 0 heterocycles. The Morgan fingerprint density at radius 3 is 1.52 bits per heavy atom. The van der Waals surface area contributed by atoms with Crippen LogP contribution in [0.25, 0.3) is 0 Å². The monoisotopic (exact) mass is 377 g/mol. The van der Waals surface area contributed by atoms with E-state index < -0.39 is 7.60 Å². The SMILES string of the molecule is CCCCCCCCCCCCCCCCCC(=O)NOP(C)(=O)O. The number of hydrogen-bond acceptors (Lipinski definition) is 3. The molecule has 0 aromatic heterocycles. The van der Waals surface area contributed by atoms with Crippen LogP contribution in [0.5, 0.6) is 0 Å². The minimum Gasteiger partial charge on any atom is -0.323 e. The van der Waals surface area contributed by atoms with Gasteiger partial charge in [0.25, 0.3) is 0 Å². The Labute approximate surface area is 154 Å². The first-order chi connectivity index (χ1) is 12.0. The highest BCUT2D eigenvalue weighted by molar-refractivity contribution is 7.51. The van der Waals surface area contributed by atoms with Gasteiger partial charge in [-0.15, -0.1) is 0 Å². The Morgan fingerprint density at radius 2 is 1.16 bits per heavy atom. The molecule has 0 aliphatic carbocycles. The molecule has 25 heavy (non-hydrogen) atoms. The third-order valence-corrected chi connectivity index (χ3v) is 4.77. The smallest absolute Gasteiger partial charge is 0.323 e. The van der Waals surface area contributed by atoms with Crippen LogP contribution in [0.3, 0.4) is 0 Å². The molecule has 0 rings (SSSR count). The molecule has 1 unspecified atom stereocenters. The van der Waals surface area contributed by atoms with Crippen LogP contribution in [0.4, 0.5) is 0 Å². The predicted molar refractivity (Wildman–Crippen MR) is 105 cm³/mol. The van der Waals surface area contributed by atoms with Crippen LogP contribution in [0.15, 0.2) is 0 Å². The van der Waals surface area contributed by atoms with Crippen LogP contribution >= 0.6 is 7.60 Å². The zero-order valence-corrected chi connectivity index (χ0v) is 17.3. The molecule has 6 heteroatoms. The van der Waals surface area contributed by atoms with Gasteiger partial charge in [-0.1, -0.05) is 96.8 Å². The number of hydroxylamine groups is 1. The summed E-state index contributed by atoms with van der Waals surface area (Å²) in [4.78, 5) is 20.2. The molecule has 5 nitrogen and oxygen atoms in total. The van der Waals surface area contributed by atoms with E-state index in [1.165, 1.54) is 77.0 Å². The van der Waals surface area contributed by atoms with Crippen molar-refractivity contribution in [2.75, 3.05) is 6.66 Å². The standard InChI is InChI=1S/C19H40NO4P/c1-3-4-5-6-7-8-9-10-11-12-13-14-15-16-17-18-19(21)20-24-25(2,22)23/h3-18H2,1-2H3,(H,20,21)(H,22,23). The average molecular weight is 378 g/mol. The summed E-state index contributed by atoms with van der Waals surface area (Å²) in [5.74, 6) is -0.328. The first-order valence-corrected chi connectivity index (χ1v) is 12.3. The van der Waals surface area contributed by atoms with Crippen molar-refractivity contribution in [2.24, 2.45) is 0 Å². The van der Waals surface area contributed by atoms with E-state index in [0.29, 0.717) is 6.42 Å². The van der Waals surface area contributed by atoms with Gasteiger partial charge in [0.2, 0.25) is 5.91 Å². The van der Waals surface area contributed by atoms with Crippen LogP contribution in [0.2, 0.25) is 0 Å². The van der Waals surface area contributed by atoms with E-state index in [1.54, 1.807) is 0 Å². The van der Waals surface area contributed by atoms with E-state index >= 15 is 0 Å². The lowest BCUT2D eigenvalue weighted by Crippen LogP contribution is -2.21.